The fourth-order valence-electron chi connectivity index (χ4n) is 4.19. The molecule has 1 aliphatic heterocycles. The molecule has 1 heterocycles. The normalized spacial score (nSPS) is 16.3. The number of piperidine rings is 1. The molecule has 0 aromatic heterocycles. The molecule has 1 saturated carbocycles. The summed E-state index contributed by atoms with van der Waals surface area (Å²) in [6.07, 6.45) is 10.4. The van der Waals surface area contributed by atoms with Gasteiger partial charge < -0.3 is 15.4 Å². The molecule has 2 fully saturated rings. The Morgan fingerprint density at radius 1 is 0.971 bits per heavy atom. The van der Waals surface area contributed by atoms with Crippen molar-refractivity contribution in [1.29, 1.82) is 0 Å². The summed E-state index contributed by atoms with van der Waals surface area (Å²) in [7, 11) is 1.71. The SMILES string of the molecule is CC.COc1ccc(C2CCNCC2)cc1.O=C(/C=C/c1cc(Cl)cc(Cl)c1)NC1CCCC1. The van der Waals surface area contributed by atoms with Crippen molar-refractivity contribution >= 4 is 35.2 Å². The highest BCUT2D eigenvalue weighted by Crippen LogP contribution is 2.26. The Morgan fingerprint density at radius 2 is 1.56 bits per heavy atom. The van der Waals surface area contributed by atoms with E-state index in [0.29, 0.717) is 16.1 Å². The smallest absolute Gasteiger partial charge is 0.244 e. The lowest BCUT2D eigenvalue weighted by molar-refractivity contribution is -0.117. The van der Waals surface area contributed by atoms with Crippen LogP contribution in [0.2, 0.25) is 10.0 Å². The molecule has 0 bridgehead atoms. The molecule has 2 aromatic rings. The molecule has 1 saturated heterocycles. The maximum Gasteiger partial charge on any atom is 0.244 e. The Hall–Kier alpha value is -2.01. The van der Waals surface area contributed by atoms with Crippen molar-refractivity contribution in [2.24, 2.45) is 0 Å². The van der Waals surface area contributed by atoms with Crippen molar-refractivity contribution in [2.45, 2.75) is 64.3 Å². The minimum absolute atomic E-state index is 0.0574. The number of ether oxygens (including phenoxy) is 1. The first-order valence-corrected chi connectivity index (χ1v) is 13.1. The van der Waals surface area contributed by atoms with E-state index in [9.17, 15) is 4.79 Å². The van der Waals surface area contributed by atoms with Gasteiger partial charge in [-0.25, -0.2) is 0 Å². The molecule has 2 aliphatic rings. The standard InChI is InChI=1S/C14H15Cl2NO.C12H17NO.C2H6/c15-11-7-10(8-12(16)9-11)5-6-14(18)17-13-3-1-2-4-13;1-14-12-4-2-10(3-5-12)11-6-8-13-9-7-11;1-2/h5-9,13H,1-4H2,(H,17,18);2-5,11,13H,6-9H2,1H3;1-2H3/b6-5+;;. The number of rotatable bonds is 5. The van der Waals surface area contributed by atoms with E-state index in [2.05, 4.69) is 34.9 Å². The first-order chi connectivity index (χ1) is 16.5. The van der Waals surface area contributed by atoms with Crippen LogP contribution in [-0.2, 0) is 4.79 Å². The lowest BCUT2D eigenvalue weighted by atomic mass is 9.90. The second-order valence-electron chi connectivity index (χ2n) is 8.32. The van der Waals surface area contributed by atoms with Gasteiger partial charge in [0.15, 0.2) is 0 Å². The van der Waals surface area contributed by atoms with E-state index in [4.69, 9.17) is 27.9 Å². The summed E-state index contributed by atoms with van der Waals surface area (Å²) in [6.45, 7) is 6.30. The Kier molecular flexibility index (Phi) is 13.1. The number of methoxy groups -OCH3 is 1. The van der Waals surface area contributed by atoms with E-state index in [1.54, 1.807) is 31.4 Å². The Morgan fingerprint density at radius 3 is 2.12 bits per heavy atom. The molecule has 1 amide bonds. The van der Waals surface area contributed by atoms with Crippen molar-refractivity contribution in [3.63, 3.8) is 0 Å². The molecule has 186 valence electrons. The highest BCUT2D eigenvalue weighted by Gasteiger charge is 2.16. The zero-order valence-electron chi connectivity index (χ0n) is 20.6. The van der Waals surface area contributed by atoms with Gasteiger partial charge in [-0.15, -0.1) is 0 Å². The molecule has 0 spiro atoms. The molecule has 2 aromatic carbocycles. The molecule has 34 heavy (non-hydrogen) atoms. The number of hydrogen-bond acceptors (Lipinski definition) is 3. The number of halogens is 2. The third-order valence-electron chi connectivity index (χ3n) is 5.94. The summed E-state index contributed by atoms with van der Waals surface area (Å²) in [6, 6.07) is 14.0. The van der Waals surface area contributed by atoms with Crippen LogP contribution in [0.5, 0.6) is 5.75 Å². The molecular weight excluding hydrogens is 467 g/mol. The Labute approximate surface area is 215 Å². The van der Waals surface area contributed by atoms with Crippen LogP contribution in [-0.4, -0.2) is 32.1 Å². The number of amides is 1. The number of nitrogens with one attached hydrogen (secondary N) is 2. The number of carbonyl (C=O) groups is 1. The summed E-state index contributed by atoms with van der Waals surface area (Å²) in [5, 5.41) is 7.50. The van der Waals surface area contributed by atoms with Crippen molar-refractivity contribution in [2.75, 3.05) is 20.2 Å². The summed E-state index contributed by atoms with van der Waals surface area (Å²) >= 11 is 11.8. The molecule has 6 heteroatoms. The first kappa shape index (κ1) is 28.2. The van der Waals surface area contributed by atoms with E-state index in [-0.39, 0.29) is 5.91 Å². The average molecular weight is 506 g/mol. The third-order valence-corrected chi connectivity index (χ3v) is 6.38. The van der Waals surface area contributed by atoms with Crippen LogP contribution in [0.25, 0.3) is 6.08 Å². The van der Waals surface area contributed by atoms with Crippen molar-refractivity contribution in [1.82, 2.24) is 10.6 Å². The fourth-order valence-corrected chi connectivity index (χ4v) is 4.74. The Bertz CT molecular complexity index is 868. The van der Waals surface area contributed by atoms with Crippen LogP contribution >= 0.6 is 23.2 Å². The largest absolute Gasteiger partial charge is 0.497 e. The van der Waals surface area contributed by atoms with Gasteiger partial charge in [0.25, 0.3) is 0 Å². The molecule has 0 unspecified atom stereocenters. The van der Waals surface area contributed by atoms with Gasteiger partial charge in [-0.3, -0.25) is 4.79 Å². The van der Waals surface area contributed by atoms with Crippen LogP contribution in [0.3, 0.4) is 0 Å². The van der Waals surface area contributed by atoms with Gasteiger partial charge in [0.1, 0.15) is 5.75 Å². The summed E-state index contributed by atoms with van der Waals surface area (Å²) in [5.74, 6) is 1.63. The van der Waals surface area contributed by atoms with Gasteiger partial charge in [-0.1, -0.05) is 62.0 Å². The maximum atomic E-state index is 11.7. The first-order valence-electron chi connectivity index (χ1n) is 12.3. The second-order valence-corrected chi connectivity index (χ2v) is 9.20. The number of hydrogen-bond donors (Lipinski definition) is 2. The van der Waals surface area contributed by atoms with Gasteiger partial charge in [0.2, 0.25) is 5.91 Å². The van der Waals surface area contributed by atoms with Crippen molar-refractivity contribution in [3.05, 3.63) is 69.7 Å². The second kappa shape index (κ2) is 15.8. The molecule has 0 atom stereocenters. The minimum Gasteiger partial charge on any atom is -0.497 e. The van der Waals surface area contributed by atoms with Crippen LogP contribution in [0.15, 0.2) is 48.5 Å². The zero-order chi connectivity index (χ0) is 24.8. The van der Waals surface area contributed by atoms with Gasteiger partial charge in [0, 0.05) is 22.2 Å². The summed E-state index contributed by atoms with van der Waals surface area (Å²) < 4.78 is 5.14. The van der Waals surface area contributed by atoms with Crippen molar-refractivity contribution < 1.29 is 9.53 Å². The van der Waals surface area contributed by atoms with E-state index in [0.717, 1.165) is 43.2 Å². The fraction of sp³-hybridized carbons (Fsp3) is 0.464. The molecule has 4 rings (SSSR count). The van der Waals surface area contributed by atoms with E-state index < -0.39 is 0 Å². The summed E-state index contributed by atoms with van der Waals surface area (Å²) in [4.78, 5) is 11.7. The van der Waals surface area contributed by atoms with Gasteiger partial charge in [-0.05, 0) is 92.2 Å². The highest BCUT2D eigenvalue weighted by atomic mass is 35.5. The number of carbonyl (C=O) groups excluding carboxylic acids is 1. The third kappa shape index (κ3) is 10.1. The van der Waals surface area contributed by atoms with Gasteiger partial charge in [0.05, 0.1) is 7.11 Å². The minimum atomic E-state index is -0.0574. The van der Waals surface area contributed by atoms with Crippen molar-refractivity contribution in [3.8, 4) is 5.75 Å². The van der Waals surface area contributed by atoms with Crippen LogP contribution in [0.1, 0.15) is 69.4 Å². The molecular formula is C28H38Cl2N2O2. The maximum absolute atomic E-state index is 11.7. The van der Waals surface area contributed by atoms with E-state index in [1.165, 1.54) is 37.3 Å². The average Bonchev–Trinajstić information content (AvgIpc) is 3.37. The number of benzene rings is 2. The molecule has 1 aliphatic carbocycles. The molecule has 2 N–H and O–H groups in total. The summed E-state index contributed by atoms with van der Waals surface area (Å²) in [5.41, 5.74) is 2.28. The molecule has 0 radical (unpaired) electrons. The lowest BCUT2D eigenvalue weighted by Crippen LogP contribution is -2.30. The van der Waals surface area contributed by atoms with Crippen LogP contribution in [0, 0.1) is 0 Å². The lowest BCUT2D eigenvalue weighted by Gasteiger charge is -2.22. The van der Waals surface area contributed by atoms with E-state index in [1.807, 2.05) is 13.8 Å². The monoisotopic (exact) mass is 504 g/mol. The Balaban J connectivity index is 0.000000230. The quantitative estimate of drug-likeness (QED) is 0.421. The highest BCUT2D eigenvalue weighted by molar-refractivity contribution is 6.34. The van der Waals surface area contributed by atoms with Gasteiger partial charge in [-0.2, -0.15) is 0 Å². The zero-order valence-corrected chi connectivity index (χ0v) is 22.1. The van der Waals surface area contributed by atoms with Crippen LogP contribution < -0.4 is 15.4 Å². The predicted octanol–water partition coefficient (Wildman–Crippen LogP) is 7.25. The predicted molar refractivity (Wildman–Crippen MR) is 145 cm³/mol. The van der Waals surface area contributed by atoms with Crippen LogP contribution in [0.4, 0.5) is 0 Å². The topological polar surface area (TPSA) is 50.4 Å². The van der Waals surface area contributed by atoms with E-state index >= 15 is 0 Å². The van der Waals surface area contributed by atoms with Gasteiger partial charge >= 0.3 is 0 Å². The molecule has 4 nitrogen and oxygen atoms in total.